The van der Waals surface area contributed by atoms with Gasteiger partial charge in [0.25, 0.3) is 5.91 Å². The fraction of sp³-hybridized carbons (Fsp3) is 0. The molecule has 1 heterocycles. The number of hydrogen-bond acceptors (Lipinski definition) is 3. The average Bonchev–Trinajstić information content (AvgIpc) is 2.65. The van der Waals surface area contributed by atoms with Gasteiger partial charge in [-0.25, -0.2) is 4.68 Å². The highest BCUT2D eigenvalue weighted by atomic mass is 79.9. The molecule has 5 nitrogen and oxygen atoms in total. The van der Waals surface area contributed by atoms with Crippen molar-refractivity contribution in [3.8, 4) is 5.69 Å². The summed E-state index contributed by atoms with van der Waals surface area (Å²) >= 11 is 3.29. The average molecular weight is 281 g/mol. The lowest BCUT2D eigenvalue weighted by molar-refractivity contribution is 0.100. The molecule has 0 unspecified atom stereocenters. The zero-order chi connectivity index (χ0) is 11.7. The van der Waals surface area contributed by atoms with E-state index >= 15 is 0 Å². The number of amides is 1. The van der Waals surface area contributed by atoms with E-state index in [2.05, 4.69) is 21.0 Å². The first-order chi connectivity index (χ1) is 7.58. The quantitative estimate of drug-likeness (QED) is 0.814. The predicted octanol–water partition coefficient (Wildman–Crippen LogP) is 1.32. The first-order valence-corrected chi connectivity index (χ1v) is 5.27. The minimum atomic E-state index is -0.550. The van der Waals surface area contributed by atoms with Crippen molar-refractivity contribution in [3.05, 3.63) is 40.6 Å². The van der Waals surface area contributed by atoms with Crippen molar-refractivity contribution in [1.82, 2.24) is 9.78 Å². The minimum absolute atomic E-state index is 0.295. The van der Waals surface area contributed by atoms with Gasteiger partial charge in [-0.05, 0) is 34.1 Å². The fourth-order valence-electron chi connectivity index (χ4n) is 1.34. The number of nitrogen functional groups attached to an aromatic ring is 1. The standard InChI is InChI=1S/C10H9BrN4O/c11-6-4-14-15(5-6)7-1-2-9(12)8(3-7)10(13)16/h1-5H,12H2,(H2,13,16). The van der Waals surface area contributed by atoms with Gasteiger partial charge in [-0.3, -0.25) is 4.79 Å². The number of rotatable bonds is 2. The van der Waals surface area contributed by atoms with Crippen molar-refractivity contribution in [1.29, 1.82) is 0 Å². The molecule has 0 aliphatic carbocycles. The molecule has 82 valence electrons. The summed E-state index contributed by atoms with van der Waals surface area (Å²) in [6, 6.07) is 5.00. The van der Waals surface area contributed by atoms with E-state index in [-0.39, 0.29) is 0 Å². The number of halogens is 1. The zero-order valence-electron chi connectivity index (χ0n) is 8.22. The van der Waals surface area contributed by atoms with Crippen LogP contribution in [0.25, 0.3) is 5.69 Å². The molecule has 0 saturated heterocycles. The Hall–Kier alpha value is -1.82. The first kappa shape index (κ1) is 10.7. The van der Waals surface area contributed by atoms with Crippen LogP contribution < -0.4 is 11.5 Å². The third-order valence-electron chi connectivity index (χ3n) is 2.12. The molecule has 0 saturated carbocycles. The van der Waals surface area contributed by atoms with Crippen LogP contribution >= 0.6 is 15.9 Å². The van der Waals surface area contributed by atoms with Crippen LogP contribution in [0.15, 0.2) is 35.1 Å². The lowest BCUT2D eigenvalue weighted by Crippen LogP contribution is -2.14. The van der Waals surface area contributed by atoms with Gasteiger partial charge in [-0.2, -0.15) is 5.10 Å². The molecule has 0 radical (unpaired) electrons. The van der Waals surface area contributed by atoms with Crippen LogP contribution in [-0.4, -0.2) is 15.7 Å². The number of hydrogen-bond donors (Lipinski definition) is 2. The molecule has 0 spiro atoms. The van der Waals surface area contributed by atoms with Crippen molar-refractivity contribution in [3.63, 3.8) is 0 Å². The van der Waals surface area contributed by atoms with Gasteiger partial charge in [0.05, 0.1) is 21.9 Å². The summed E-state index contributed by atoms with van der Waals surface area (Å²) in [5.41, 5.74) is 12.2. The third-order valence-corrected chi connectivity index (χ3v) is 2.53. The summed E-state index contributed by atoms with van der Waals surface area (Å²) in [4.78, 5) is 11.1. The molecule has 4 N–H and O–H groups in total. The minimum Gasteiger partial charge on any atom is -0.398 e. The van der Waals surface area contributed by atoms with E-state index < -0.39 is 5.91 Å². The van der Waals surface area contributed by atoms with Gasteiger partial charge >= 0.3 is 0 Å². The lowest BCUT2D eigenvalue weighted by atomic mass is 10.1. The molecule has 2 rings (SSSR count). The summed E-state index contributed by atoms with van der Waals surface area (Å²) < 4.78 is 2.47. The Morgan fingerprint density at radius 1 is 1.44 bits per heavy atom. The second-order valence-corrected chi connectivity index (χ2v) is 4.15. The number of carbonyl (C=O) groups is 1. The zero-order valence-corrected chi connectivity index (χ0v) is 9.81. The fourth-order valence-corrected chi connectivity index (χ4v) is 1.63. The summed E-state index contributed by atoms with van der Waals surface area (Å²) in [6.45, 7) is 0. The van der Waals surface area contributed by atoms with E-state index in [0.29, 0.717) is 11.3 Å². The molecule has 1 amide bonds. The molecule has 1 aromatic carbocycles. The third kappa shape index (κ3) is 1.92. The second kappa shape index (κ2) is 3.97. The topological polar surface area (TPSA) is 86.9 Å². The summed E-state index contributed by atoms with van der Waals surface area (Å²) in [5, 5.41) is 4.09. The highest BCUT2D eigenvalue weighted by Gasteiger charge is 2.08. The molecule has 0 fully saturated rings. The van der Waals surface area contributed by atoms with Gasteiger partial charge in [-0.15, -0.1) is 0 Å². The van der Waals surface area contributed by atoms with Crippen LogP contribution in [0.4, 0.5) is 5.69 Å². The lowest BCUT2D eigenvalue weighted by Gasteiger charge is -2.05. The molecule has 0 aliphatic heterocycles. The van der Waals surface area contributed by atoms with Crippen molar-refractivity contribution in [2.24, 2.45) is 5.73 Å². The van der Waals surface area contributed by atoms with Gasteiger partial charge in [0, 0.05) is 11.9 Å². The van der Waals surface area contributed by atoms with Gasteiger partial charge in [0.15, 0.2) is 0 Å². The normalized spacial score (nSPS) is 10.3. The van der Waals surface area contributed by atoms with Crippen LogP contribution in [-0.2, 0) is 0 Å². The second-order valence-electron chi connectivity index (χ2n) is 3.24. The SMILES string of the molecule is NC(=O)c1cc(-n2cc(Br)cn2)ccc1N. The Labute approximate surface area is 100 Å². The number of aromatic nitrogens is 2. The maximum absolute atomic E-state index is 11.1. The maximum atomic E-state index is 11.1. The first-order valence-electron chi connectivity index (χ1n) is 4.48. The largest absolute Gasteiger partial charge is 0.398 e. The van der Waals surface area contributed by atoms with E-state index in [1.165, 1.54) is 0 Å². The van der Waals surface area contributed by atoms with E-state index in [4.69, 9.17) is 11.5 Å². The van der Waals surface area contributed by atoms with Crippen LogP contribution in [0.5, 0.6) is 0 Å². The van der Waals surface area contributed by atoms with E-state index in [1.54, 1.807) is 35.3 Å². The van der Waals surface area contributed by atoms with E-state index in [0.717, 1.165) is 10.2 Å². The van der Waals surface area contributed by atoms with Crippen molar-refractivity contribution < 1.29 is 4.79 Å². The number of carbonyl (C=O) groups excluding carboxylic acids is 1. The molecule has 0 aliphatic rings. The van der Waals surface area contributed by atoms with E-state index in [1.807, 2.05) is 0 Å². The number of nitrogens with zero attached hydrogens (tertiary/aromatic N) is 2. The Morgan fingerprint density at radius 3 is 2.75 bits per heavy atom. The van der Waals surface area contributed by atoms with Crippen LogP contribution in [0.3, 0.4) is 0 Å². The number of benzene rings is 1. The van der Waals surface area contributed by atoms with Crippen LogP contribution in [0, 0.1) is 0 Å². The van der Waals surface area contributed by atoms with Crippen molar-refractivity contribution in [2.75, 3.05) is 5.73 Å². The molecular weight excluding hydrogens is 272 g/mol. The highest BCUT2D eigenvalue weighted by Crippen LogP contribution is 2.18. The summed E-state index contributed by atoms with van der Waals surface area (Å²) in [6.07, 6.45) is 3.43. The Balaban J connectivity index is 2.51. The van der Waals surface area contributed by atoms with Crippen molar-refractivity contribution >= 4 is 27.5 Å². The Morgan fingerprint density at radius 2 is 2.19 bits per heavy atom. The van der Waals surface area contributed by atoms with Gasteiger partial charge in [0.2, 0.25) is 0 Å². The predicted molar refractivity (Wildman–Crippen MR) is 64.2 cm³/mol. The Bertz CT molecular complexity index is 550. The van der Waals surface area contributed by atoms with Gasteiger partial charge in [0.1, 0.15) is 0 Å². The molecule has 0 bridgehead atoms. The molecular formula is C10H9BrN4O. The summed E-state index contributed by atoms with van der Waals surface area (Å²) in [5.74, 6) is -0.550. The molecule has 16 heavy (non-hydrogen) atoms. The summed E-state index contributed by atoms with van der Waals surface area (Å²) in [7, 11) is 0. The highest BCUT2D eigenvalue weighted by molar-refractivity contribution is 9.10. The van der Waals surface area contributed by atoms with Gasteiger partial charge < -0.3 is 11.5 Å². The number of primary amides is 1. The smallest absolute Gasteiger partial charge is 0.250 e. The molecule has 1 aromatic heterocycles. The van der Waals surface area contributed by atoms with Crippen LogP contribution in [0.1, 0.15) is 10.4 Å². The molecule has 2 aromatic rings. The number of nitrogens with two attached hydrogens (primary N) is 2. The van der Waals surface area contributed by atoms with E-state index in [9.17, 15) is 4.79 Å². The Kier molecular flexibility index (Phi) is 2.66. The number of anilines is 1. The maximum Gasteiger partial charge on any atom is 0.250 e. The monoisotopic (exact) mass is 280 g/mol. The van der Waals surface area contributed by atoms with Crippen LogP contribution in [0.2, 0.25) is 0 Å². The van der Waals surface area contributed by atoms with Crippen molar-refractivity contribution in [2.45, 2.75) is 0 Å². The molecule has 6 heteroatoms. The molecule has 0 atom stereocenters. The van der Waals surface area contributed by atoms with Gasteiger partial charge in [-0.1, -0.05) is 0 Å².